The van der Waals surface area contributed by atoms with Crippen molar-refractivity contribution in [3.05, 3.63) is 0 Å². The zero-order chi connectivity index (χ0) is 12.6. The zero-order valence-electron chi connectivity index (χ0n) is 11.0. The highest BCUT2D eigenvalue weighted by Gasteiger charge is 2.38. The fourth-order valence-corrected chi connectivity index (χ4v) is 3.10. The van der Waals surface area contributed by atoms with Gasteiger partial charge in [0, 0.05) is 12.6 Å². The smallest absolute Gasteiger partial charge is 0.237 e. The number of amides is 1. The minimum absolute atomic E-state index is 0.0641. The Morgan fingerprint density at radius 3 is 2.67 bits per heavy atom. The Labute approximate surface area is 109 Å². The van der Waals surface area contributed by atoms with Crippen molar-refractivity contribution in [1.29, 1.82) is 0 Å². The van der Waals surface area contributed by atoms with Crippen LogP contribution in [0.2, 0.25) is 0 Å². The molecular formula is C14H24N2O2. The largest absolute Gasteiger partial charge is 0.390 e. The van der Waals surface area contributed by atoms with E-state index in [2.05, 4.69) is 10.2 Å². The maximum absolute atomic E-state index is 12.1. The standard InChI is InChI=1S/C14H24N2O2/c17-13(15-11-4-5-11)12-3-1-9-16(12)10-8-14(18)6-2-7-14/h11-12,18H,1-10H2,(H,15,17). The van der Waals surface area contributed by atoms with Gasteiger partial charge in [-0.15, -0.1) is 0 Å². The van der Waals surface area contributed by atoms with Crippen LogP contribution in [-0.2, 0) is 4.79 Å². The lowest BCUT2D eigenvalue weighted by Gasteiger charge is -2.38. The van der Waals surface area contributed by atoms with E-state index in [9.17, 15) is 9.90 Å². The predicted octanol–water partition coefficient (Wildman–Crippen LogP) is 1.03. The molecule has 1 saturated heterocycles. The van der Waals surface area contributed by atoms with Crippen molar-refractivity contribution < 1.29 is 9.90 Å². The van der Waals surface area contributed by atoms with Crippen LogP contribution in [0.4, 0.5) is 0 Å². The highest BCUT2D eigenvalue weighted by atomic mass is 16.3. The van der Waals surface area contributed by atoms with Crippen LogP contribution >= 0.6 is 0 Å². The number of nitrogens with one attached hydrogen (secondary N) is 1. The molecule has 1 heterocycles. The average Bonchev–Trinajstić information content (AvgIpc) is 2.99. The third kappa shape index (κ3) is 2.69. The Hall–Kier alpha value is -0.610. The van der Waals surface area contributed by atoms with Gasteiger partial charge in [0.2, 0.25) is 5.91 Å². The van der Waals surface area contributed by atoms with E-state index in [0.29, 0.717) is 6.04 Å². The lowest BCUT2D eigenvalue weighted by Crippen LogP contribution is -2.47. The van der Waals surface area contributed by atoms with E-state index >= 15 is 0 Å². The second kappa shape index (κ2) is 4.82. The molecule has 0 radical (unpaired) electrons. The van der Waals surface area contributed by atoms with Crippen molar-refractivity contribution >= 4 is 5.91 Å². The van der Waals surface area contributed by atoms with Gasteiger partial charge in [-0.25, -0.2) is 0 Å². The average molecular weight is 252 g/mol. The Kier molecular flexibility index (Phi) is 3.32. The fraction of sp³-hybridized carbons (Fsp3) is 0.929. The van der Waals surface area contributed by atoms with Crippen LogP contribution in [-0.4, -0.2) is 46.7 Å². The molecule has 2 saturated carbocycles. The molecule has 0 aromatic heterocycles. The Bertz CT molecular complexity index is 324. The number of carbonyl (C=O) groups is 1. The van der Waals surface area contributed by atoms with Crippen molar-refractivity contribution in [3.8, 4) is 0 Å². The molecule has 0 spiro atoms. The van der Waals surface area contributed by atoms with Gasteiger partial charge in [-0.05, 0) is 57.9 Å². The van der Waals surface area contributed by atoms with Crippen LogP contribution in [0.1, 0.15) is 51.4 Å². The SMILES string of the molecule is O=C(NC1CC1)C1CCCN1CCC1(O)CCC1. The molecule has 0 aromatic rings. The van der Waals surface area contributed by atoms with Crippen LogP contribution < -0.4 is 5.32 Å². The maximum atomic E-state index is 12.1. The van der Waals surface area contributed by atoms with Gasteiger partial charge in [0.1, 0.15) is 0 Å². The molecule has 2 N–H and O–H groups in total. The summed E-state index contributed by atoms with van der Waals surface area (Å²) in [7, 11) is 0. The molecule has 1 amide bonds. The quantitative estimate of drug-likeness (QED) is 0.768. The topological polar surface area (TPSA) is 52.6 Å². The monoisotopic (exact) mass is 252 g/mol. The fourth-order valence-electron chi connectivity index (χ4n) is 3.10. The van der Waals surface area contributed by atoms with Crippen LogP contribution in [0.5, 0.6) is 0 Å². The van der Waals surface area contributed by atoms with Crippen LogP contribution in [0.25, 0.3) is 0 Å². The van der Waals surface area contributed by atoms with Gasteiger partial charge in [0.25, 0.3) is 0 Å². The zero-order valence-corrected chi connectivity index (χ0v) is 11.0. The van der Waals surface area contributed by atoms with Gasteiger partial charge in [-0.3, -0.25) is 9.69 Å². The molecule has 3 fully saturated rings. The summed E-state index contributed by atoms with van der Waals surface area (Å²) in [6.45, 7) is 1.89. The van der Waals surface area contributed by atoms with E-state index in [4.69, 9.17) is 0 Å². The first-order valence-electron chi connectivity index (χ1n) is 7.43. The summed E-state index contributed by atoms with van der Waals surface area (Å²) in [5.41, 5.74) is -0.417. The second-order valence-electron chi connectivity index (χ2n) is 6.30. The summed E-state index contributed by atoms with van der Waals surface area (Å²) >= 11 is 0. The molecule has 1 aliphatic heterocycles. The third-order valence-corrected chi connectivity index (χ3v) is 4.74. The van der Waals surface area contributed by atoms with Crippen molar-refractivity contribution in [2.75, 3.05) is 13.1 Å². The Morgan fingerprint density at radius 2 is 2.06 bits per heavy atom. The normalized spacial score (nSPS) is 31.1. The number of carbonyl (C=O) groups excluding carboxylic acids is 1. The molecule has 4 nitrogen and oxygen atoms in total. The summed E-state index contributed by atoms with van der Waals surface area (Å²) in [5, 5.41) is 13.2. The number of rotatable bonds is 5. The van der Waals surface area contributed by atoms with E-state index in [1.165, 1.54) is 0 Å². The van der Waals surface area contributed by atoms with Crippen LogP contribution in [0, 0.1) is 0 Å². The highest BCUT2D eigenvalue weighted by Crippen LogP contribution is 2.35. The lowest BCUT2D eigenvalue weighted by molar-refractivity contribution is -0.126. The van der Waals surface area contributed by atoms with Crippen molar-refractivity contribution in [2.45, 2.75) is 69.1 Å². The summed E-state index contributed by atoms with van der Waals surface area (Å²) in [4.78, 5) is 14.4. The van der Waals surface area contributed by atoms with Gasteiger partial charge < -0.3 is 10.4 Å². The maximum Gasteiger partial charge on any atom is 0.237 e. The predicted molar refractivity (Wildman–Crippen MR) is 69.2 cm³/mol. The number of nitrogens with zero attached hydrogens (tertiary/aromatic N) is 1. The summed E-state index contributed by atoms with van der Waals surface area (Å²) in [6, 6.07) is 0.519. The first-order valence-corrected chi connectivity index (χ1v) is 7.43. The van der Waals surface area contributed by atoms with Gasteiger partial charge in [-0.2, -0.15) is 0 Å². The molecule has 1 atom stereocenters. The summed E-state index contributed by atoms with van der Waals surface area (Å²) in [6.07, 6.45) is 8.27. The van der Waals surface area contributed by atoms with Gasteiger partial charge in [0.05, 0.1) is 11.6 Å². The minimum Gasteiger partial charge on any atom is -0.390 e. The van der Waals surface area contributed by atoms with Gasteiger partial charge in [0.15, 0.2) is 0 Å². The third-order valence-electron chi connectivity index (χ3n) is 4.74. The second-order valence-corrected chi connectivity index (χ2v) is 6.30. The minimum atomic E-state index is -0.417. The Morgan fingerprint density at radius 1 is 1.28 bits per heavy atom. The molecule has 4 heteroatoms. The molecular weight excluding hydrogens is 228 g/mol. The highest BCUT2D eigenvalue weighted by molar-refractivity contribution is 5.82. The molecule has 0 bridgehead atoms. The first-order chi connectivity index (χ1) is 8.66. The first kappa shape index (κ1) is 12.4. The summed E-state index contributed by atoms with van der Waals surface area (Å²) < 4.78 is 0. The number of likely N-dealkylation sites (tertiary alicyclic amines) is 1. The van der Waals surface area contributed by atoms with Gasteiger partial charge in [-0.1, -0.05) is 0 Å². The molecule has 0 aromatic carbocycles. The van der Waals surface area contributed by atoms with Gasteiger partial charge >= 0.3 is 0 Å². The van der Waals surface area contributed by atoms with E-state index in [1.807, 2.05) is 0 Å². The molecule has 3 aliphatic rings. The van der Waals surface area contributed by atoms with Crippen molar-refractivity contribution in [1.82, 2.24) is 10.2 Å². The molecule has 18 heavy (non-hydrogen) atoms. The Balaban J connectivity index is 1.48. The number of hydrogen-bond acceptors (Lipinski definition) is 3. The van der Waals surface area contributed by atoms with E-state index < -0.39 is 5.60 Å². The van der Waals surface area contributed by atoms with Crippen LogP contribution in [0.3, 0.4) is 0 Å². The molecule has 1 unspecified atom stereocenters. The van der Waals surface area contributed by atoms with Crippen molar-refractivity contribution in [2.24, 2.45) is 0 Å². The van der Waals surface area contributed by atoms with Crippen LogP contribution in [0.15, 0.2) is 0 Å². The van der Waals surface area contributed by atoms with Crippen molar-refractivity contribution in [3.63, 3.8) is 0 Å². The van der Waals surface area contributed by atoms with E-state index in [0.717, 1.165) is 64.5 Å². The van der Waals surface area contributed by atoms with E-state index in [-0.39, 0.29) is 11.9 Å². The summed E-state index contributed by atoms with van der Waals surface area (Å²) in [5.74, 6) is 0.218. The molecule has 2 aliphatic carbocycles. The number of hydrogen-bond donors (Lipinski definition) is 2. The van der Waals surface area contributed by atoms with E-state index in [1.54, 1.807) is 0 Å². The molecule has 102 valence electrons. The molecule has 3 rings (SSSR count). The lowest BCUT2D eigenvalue weighted by atomic mass is 9.78. The number of aliphatic hydroxyl groups is 1.